The van der Waals surface area contributed by atoms with Gasteiger partial charge in [0.1, 0.15) is 5.82 Å². The molecule has 0 aromatic heterocycles. The van der Waals surface area contributed by atoms with Crippen molar-refractivity contribution in [2.45, 2.75) is 32.4 Å². The van der Waals surface area contributed by atoms with Gasteiger partial charge in [-0.2, -0.15) is 0 Å². The quantitative estimate of drug-likeness (QED) is 0.839. The number of carbonyl (C=O) groups is 1. The number of hydrogen-bond acceptors (Lipinski definition) is 4. The number of carbonyl (C=O) groups excluding carboxylic acids is 1. The maximum atomic E-state index is 14.0. The van der Waals surface area contributed by atoms with Crippen molar-refractivity contribution in [3.63, 3.8) is 0 Å². The van der Waals surface area contributed by atoms with Crippen LogP contribution >= 0.6 is 0 Å². The van der Waals surface area contributed by atoms with Gasteiger partial charge in [0, 0.05) is 12.1 Å². The summed E-state index contributed by atoms with van der Waals surface area (Å²) in [5, 5.41) is 9.77. The average Bonchev–Trinajstić information content (AvgIpc) is 2.93. The van der Waals surface area contributed by atoms with E-state index in [1.165, 1.54) is 6.07 Å². The van der Waals surface area contributed by atoms with Gasteiger partial charge in [0.15, 0.2) is 6.10 Å². The summed E-state index contributed by atoms with van der Waals surface area (Å²) in [6, 6.07) is 4.43. The Kier molecular flexibility index (Phi) is 5.09. The summed E-state index contributed by atoms with van der Waals surface area (Å²) >= 11 is 0. The molecule has 0 aliphatic carbocycles. The molecule has 2 rings (SSSR count). The van der Waals surface area contributed by atoms with Crippen molar-refractivity contribution in [1.82, 2.24) is 4.90 Å². The first-order valence-electron chi connectivity index (χ1n) is 6.97. The second kappa shape index (κ2) is 6.81. The number of likely N-dealkylation sites (tertiary alicyclic amines) is 1. The number of aliphatic hydroxyl groups excluding tert-OH is 1. The maximum Gasteiger partial charge on any atom is 0.339 e. The number of aliphatic hydroxyl groups is 1. The van der Waals surface area contributed by atoms with Gasteiger partial charge >= 0.3 is 5.97 Å². The fraction of sp³-hybridized carbons (Fsp3) is 0.533. The van der Waals surface area contributed by atoms with Gasteiger partial charge in [0.05, 0.1) is 6.61 Å². The van der Waals surface area contributed by atoms with Gasteiger partial charge in [-0.25, -0.2) is 9.18 Å². The first-order valence-corrected chi connectivity index (χ1v) is 6.97. The molecule has 1 aromatic carbocycles. The van der Waals surface area contributed by atoms with Gasteiger partial charge in [-0.15, -0.1) is 0 Å². The molecule has 0 amide bonds. The van der Waals surface area contributed by atoms with Crippen molar-refractivity contribution in [1.29, 1.82) is 0 Å². The van der Waals surface area contributed by atoms with Gasteiger partial charge in [-0.3, -0.25) is 4.90 Å². The maximum absolute atomic E-state index is 14.0. The molecule has 1 unspecified atom stereocenters. The minimum Gasteiger partial charge on any atom is -0.464 e. The van der Waals surface area contributed by atoms with Crippen molar-refractivity contribution in [2.75, 3.05) is 19.7 Å². The Bertz CT molecular complexity index is 472. The van der Waals surface area contributed by atoms with Crippen LogP contribution < -0.4 is 0 Å². The van der Waals surface area contributed by atoms with E-state index in [1.807, 2.05) is 0 Å². The van der Waals surface area contributed by atoms with E-state index in [1.54, 1.807) is 19.1 Å². The zero-order chi connectivity index (χ0) is 14.5. The highest BCUT2D eigenvalue weighted by Crippen LogP contribution is 2.20. The summed E-state index contributed by atoms with van der Waals surface area (Å²) in [6.07, 6.45) is 0.882. The summed E-state index contributed by atoms with van der Waals surface area (Å²) in [6.45, 7) is 4.40. The van der Waals surface area contributed by atoms with Crippen LogP contribution in [0, 0.1) is 5.82 Å². The molecular weight excluding hydrogens is 261 g/mol. The van der Waals surface area contributed by atoms with E-state index >= 15 is 0 Å². The molecule has 1 fully saturated rings. The van der Waals surface area contributed by atoms with Crippen molar-refractivity contribution in [3.8, 4) is 0 Å². The molecule has 0 radical (unpaired) electrons. The highest BCUT2D eigenvalue weighted by atomic mass is 19.1. The van der Waals surface area contributed by atoms with Crippen molar-refractivity contribution in [3.05, 3.63) is 35.1 Å². The molecule has 110 valence electrons. The van der Waals surface area contributed by atoms with E-state index in [2.05, 4.69) is 4.90 Å². The van der Waals surface area contributed by atoms with Gasteiger partial charge in [0.25, 0.3) is 0 Å². The molecule has 1 aliphatic rings. The monoisotopic (exact) mass is 281 g/mol. The number of halogens is 1. The lowest BCUT2D eigenvalue weighted by Crippen LogP contribution is -2.20. The minimum atomic E-state index is -1.43. The third-order valence-electron chi connectivity index (χ3n) is 3.50. The molecule has 1 atom stereocenters. The molecule has 1 aromatic rings. The molecule has 0 spiro atoms. The van der Waals surface area contributed by atoms with E-state index in [-0.39, 0.29) is 12.2 Å². The highest BCUT2D eigenvalue weighted by Gasteiger charge is 2.20. The first kappa shape index (κ1) is 14.9. The van der Waals surface area contributed by atoms with Crippen LogP contribution in [-0.2, 0) is 16.1 Å². The number of esters is 1. The molecule has 1 N–H and O–H groups in total. The molecule has 5 heteroatoms. The predicted molar refractivity (Wildman–Crippen MR) is 72.5 cm³/mol. The van der Waals surface area contributed by atoms with Crippen LogP contribution in [0.3, 0.4) is 0 Å². The third-order valence-corrected chi connectivity index (χ3v) is 3.50. The van der Waals surface area contributed by atoms with Gasteiger partial charge in [-0.05, 0) is 44.5 Å². The van der Waals surface area contributed by atoms with Crippen molar-refractivity contribution < 1.29 is 19.0 Å². The SMILES string of the molecule is CCOC(=O)C(O)c1ccc(CN2CCCC2)c(F)c1. The lowest BCUT2D eigenvalue weighted by molar-refractivity contribution is -0.153. The fourth-order valence-electron chi connectivity index (χ4n) is 2.40. The highest BCUT2D eigenvalue weighted by molar-refractivity contribution is 5.76. The minimum absolute atomic E-state index is 0.186. The van der Waals surface area contributed by atoms with E-state index < -0.39 is 17.9 Å². The Morgan fingerprint density at radius 2 is 2.15 bits per heavy atom. The summed E-state index contributed by atoms with van der Waals surface area (Å²) in [5.74, 6) is -1.14. The molecule has 0 bridgehead atoms. The predicted octanol–water partition coefficient (Wildman–Crippen LogP) is 2.02. The van der Waals surface area contributed by atoms with Crippen LogP contribution in [0.1, 0.15) is 37.0 Å². The van der Waals surface area contributed by atoms with Gasteiger partial charge in [-0.1, -0.05) is 12.1 Å². The Labute approximate surface area is 118 Å². The van der Waals surface area contributed by atoms with Gasteiger partial charge in [0.2, 0.25) is 0 Å². The Morgan fingerprint density at radius 1 is 1.45 bits per heavy atom. The molecule has 0 saturated carbocycles. The van der Waals surface area contributed by atoms with Crippen LogP contribution in [0.15, 0.2) is 18.2 Å². The van der Waals surface area contributed by atoms with Crippen LogP contribution in [0.2, 0.25) is 0 Å². The van der Waals surface area contributed by atoms with E-state index in [4.69, 9.17) is 4.74 Å². The van der Waals surface area contributed by atoms with E-state index in [0.29, 0.717) is 12.1 Å². The molecule has 1 aliphatic heterocycles. The first-order chi connectivity index (χ1) is 9.61. The summed E-state index contributed by atoms with van der Waals surface area (Å²) in [5.41, 5.74) is 0.817. The summed E-state index contributed by atoms with van der Waals surface area (Å²) in [7, 11) is 0. The number of benzene rings is 1. The molecular formula is C15H20FNO3. The number of hydrogen-bond donors (Lipinski definition) is 1. The number of nitrogens with zero attached hydrogens (tertiary/aromatic N) is 1. The normalized spacial score (nSPS) is 17.1. The zero-order valence-electron chi connectivity index (χ0n) is 11.6. The standard InChI is InChI=1S/C15H20FNO3/c1-2-20-15(19)14(18)11-5-6-12(13(16)9-11)10-17-7-3-4-8-17/h5-6,9,14,18H,2-4,7-8,10H2,1H3. The largest absolute Gasteiger partial charge is 0.464 e. The number of ether oxygens (including phenoxy) is 1. The van der Waals surface area contributed by atoms with E-state index in [9.17, 15) is 14.3 Å². The topological polar surface area (TPSA) is 49.8 Å². The molecule has 4 nitrogen and oxygen atoms in total. The molecule has 20 heavy (non-hydrogen) atoms. The molecule has 1 saturated heterocycles. The molecule has 1 heterocycles. The van der Waals surface area contributed by atoms with Crippen molar-refractivity contribution >= 4 is 5.97 Å². The van der Waals surface area contributed by atoms with Crippen molar-refractivity contribution in [2.24, 2.45) is 0 Å². The van der Waals surface area contributed by atoms with Gasteiger partial charge < -0.3 is 9.84 Å². The number of rotatable bonds is 5. The Hall–Kier alpha value is -1.46. The zero-order valence-corrected chi connectivity index (χ0v) is 11.6. The van der Waals surface area contributed by atoms with Crippen LogP contribution in [0.25, 0.3) is 0 Å². The summed E-state index contributed by atoms with van der Waals surface area (Å²) in [4.78, 5) is 13.6. The van der Waals surface area contributed by atoms with Crippen LogP contribution in [-0.4, -0.2) is 35.7 Å². The Balaban J connectivity index is 2.06. The average molecular weight is 281 g/mol. The van der Waals surface area contributed by atoms with E-state index in [0.717, 1.165) is 25.9 Å². The Morgan fingerprint density at radius 3 is 2.75 bits per heavy atom. The smallest absolute Gasteiger partial charge is 0.339 e. The van der Waals surface area contributed by atoms with Crippen LogP contribution in [0.4, 0.5) is 4.39 Å². The fourth-order valence-corrected chi connectivity index (χ4v) is 2.40. The lowest BCUT2D eigenvalue weighted by Gasteiger charge is -2.16. The second-order valence-electron chi connectivity index (χ2n) is 4.99. The third kappa shape index (κ3) is 3.55. The summed E-state index contributed by atoms with van der Waals surface area (Å²) < 4.78 is 18.7. The second-order valence-corrected chi connectivity index (χ2v) is 4.99. The lowest BCUT2D eigenvalue weighted by atomic mass is 10.1. The van der Waals surface area contributed by atoms with Crippen LogP contribution in [0.5, 0.6) is 0 Å².